The van der Waals surface area contributed by atoms with Gasteiger partial charge < -0.3 is 10.8 Å². The van der Waals surface area contributed by atoms with Crippen molar-refractivity contribution >= 4 is 34.1 Å². The van der Waals surface area contributed by atoms with E-state index in [-0.39, 0.29) is 12.3 Å². The minimum Gasteiger partial charge on any atom is -0.375 e. The number of para-hydroxylation sites is 1. The Morgan fingerprint density at radius 3 is 2.39 bits per heavy atom. The number of nitrogens with zero attached hydrogens (tertiary/aromatic N) is 1. The van der Waals surface area contributed by atoms with Crippen molar-refractivity contribution in [2.24, 2.45) is 5.73 Å². The second-order valence-corrected chi connectivity index (χ2v) is 6.90. The minimum absolute atomic E-state index is 0.301. The van der Waals surface area contributed by atoms with E-state index in [0.717, 1.165) is 15.7 Å². The van der Waals surface area contributed by atoms with Gasteiger partial charge in [0.2, 0.25) is 5.91 Å². The molecule has 1 atom stereocenters. The summed E-state index contributed by atoms with van der Waals surface area (Å²) in [6.45, 7) is -0.359. The largest absolute Gasteiger partial charge is 0.375 e. The molecule has 3 aromatic rings. The van der Waals surface area contributed by atoms with Crippen molar-refractivity contribution in [2.45, 2.75) is 12.0 Å². The highest BCUT2D eigenvalue weighted by Crippen LogP contribution is 2.42. The fourth-order valence-corrected chi connectivity index (χ4v) is 3.69. The van der Waals surface area contributed by atoms with Crippen LogP contribution in [0.1, 0.15) is 22.3 Å². The van der Waals surface area contributed by atoms with Crippen LogP contribution in [0.5, 0.6) is 0 Å². The first-order valence-corrected chi connectivity index (χ1v) is 8.84. The molecule has 1 aliphatic rings. The Morgan fingerprint density at radius 1 is 0.964 bits per heavy atom. The average Bonchev–Trinajstić information content (AvgIpc) is 2.89. The Hall–Kier alpha value is -3.51. The molecular formula is C22H18N2O4. The van der Waals surface area contributed by atoms with E-state index in [0.29, 0.717) is 16.8 Å². The Bertz CT molecular complexity index is 1120. The molecule has 0 spiro atoms. The zero-order valence-electron chi connectivity index (χ0n) is 15.0. The fourth-order valence-electron chi connectivity index (χ4n) is 3.69. The third-order valence-electron chi connectivity index (χ3n) is 5.04. The van der Waals surface area contributed by atoms with Crippen LogP contribution in [0.2, 0.25) is 0 Å². The SMILES string of the molecule is NC(=O)CN1C(=O)C(O)(CC(=O)c2ccc3ccccc3c2)c2ccccc21. The molecule has 3 aromatic carbocycles. The van der Waals surface area contributed by atoms with Gasteiger partial charge in [0.05, 0.1) is 12.1 Å². The summed E-state index contributed by atoms with van der Waals surface area (Å²) in [6, 6.07) is 19.4. The second-order valence-electron chi connectivity index (χ2n) is 6.90. The van der Waals surface area contributed by atoms with Gasteiger partial charge in [-0.25, -0.2) is 0 Å². The normalized spacial score (nSPS) is 18.3. The molecule has 0 saturated heterocycles. The molecule has 0 aliphatic carbocycles. The number of aliphatic hydroxyl groups is 1. The van der Waals surface area contributed by atoms with Crippen molar-refractivity contribution in [2.75, 3.05) is 11.4 Å². The number of fused-ring (bicyclic) bond motifs is 2. The van der Waals surface area contributed by atoms with E-state index in [9.17, 15) is 19.5 Å². The van der Waals surface area contributed by atoms with Crippen molar-refractivity contribution in [1.82, 2.24) is 0 Å². The summed E-state index contributed by atoms with van der Waals surface area (Å²) >= 11 is 0. The zero-order valence-corrected chi connectivity index (χ0v) is 15.0. The zero-order chi connectivity index (χ0) is 19.9. The van der Waals surface area contributed by atoms with Crippen LogP contribution in [0.4, 0.5) is 5.69 Å². The summed E-state index contributed by atoms with van der Waals surface area (Å²) in [6.07, 6.45) is -0.420. The minimum atomic E-state index is -2.03. The quantitative estimate of drug-likeness (QED) is 0.668. The molecule has 140 valence electrons. The van der Waals surface area contributed by atoms with Gasteiger partial charge in [-0.15, -0.1) is 0 Å². The Morgan fingerprint density at radius 2 is 1.64 bits per heavy atom. The lowest BCUT2D eigenvalue weighted by molar-refractivity contribution is -0.136. The summed E-state index contributed by atoms with van der Waals surface area (Å²) in [5.74, 6) is -1.78. The van der Waals surface area contributed by atoms with Gasteiger partial charge in [-0.2, -0.15) is 0 Å². The molecule has 1 unspecified atom stereocenters. The molecule has 2 amide bonds. The number of nitrogens with two attached hydrogens (primary N) is 1. The van der Waals surface area contributed by atoms with E-state index >= 15 is 0 Å². The number of hydrogen-bond acceptors (Lipinski definition) is 4. The molecule has 0 fully saturated rings. The highest BCUT2D eigenvalue weighted by Gasteiger charge is 2.51. The summed E-state index contributed by atoms with van der Waals surface area (Å²) in [5, 5.41) is 13.1. The predicted molar refractivity (Wildman–Crippen MR) is 105 cm³/mol. The Kier molecular flexibility index (Phi) is 4.20. The van der Waals surface area contributed by atoms with Gasteiger partial charge in [0.25, 0.3) is 5.91 Å². The lowest BCUT2D eigenvalue weighted by Gasteiger charge is -2.22. The van der Waals surface area contributed by atoms with E-state index in [1.165, 1.54) is 0 Å². The van der Waals surface area contributed by atoms with E-state index < -0.39 is 23.8 Å². The maximum absolute atomic E-state index is 12.9. The molecule has 6 nitrogen and oxygen atoms in total. The lowest BCUT2D eigenvalue weighted by Crippen LogP contribution is -2.44. The smallest absolute Gasteiger partial charge is 0.264 e. The topological polar surface area (TPSA) is 101 Å². The van der Waals surface area contributed by atoms with Gasteiger partial charge in [-0.3, -0.25) is 19.3 Å². The lowest BCUT2D eigenvalue weighted by atomic mass is 9.88. The molecule has 3 N–H and O–H groups in total. The Labute approximate surface area is 161 Å². The average molecular weight is 374 g/mol. The van der Waals surface area contributed by atoms with Crippen LogP contribution in [0, 0.1) is 0 Å². The molecule has 4 rings (SSSR count). The number of carbonyl (C=O) groups excluding carboxylic acids is 3. The van der Waals surface area contributed by atoms with Gasteiger partial charge in [-0.1, -0.05) is 54.6 Å². The second kappa shape index (κ2) is 6.58. The number of anilines is 1. The van der Waals surface area contributed by atoms with Gasteiger partial charge >= 0.3 is 0 Å². The van der Waals surface area contributed by atoms with Crippen LogP contribution in [0.15, 0.2) is 66.7 Å². The van der Waals surface area contributed by atoms with E-state index in [1.54, 1.807) is 36.4 Å². The summed E-state index contributed by atoms with van der Waals surface area (Å²) in [4.78, 5) is 38.3. The first-order valence-electron chi connectivity index (χ1n) is 8.84. The number of primary amides is 1. The van der Waals surface area contributed by atoms with Crippen molar-refractivity contribution in [3.63, 3.8) is 0 Å². The predicted octanol–water partition coefficient (Wildman–Crippen LogP) is 2.13. The van der Waals surface area contributed by atoms with Crippen LogP contribution in [-0.4, -0.2) is 29.2 Å². The number of amides is 2. The summed E-state index contributed by atoms with van der Waals surface area (Å²) < 4.78 is 0. The maximum Gasteiger partial charge on any atom is 0.264 e. The van der Waals surface area contributed by atoms with Crippen molar-refractivity contribution in [3.05, 3.63) is 77.9 Å². The summed E-state index contributed by atoms with van der Waals surface area (Å²) in [7, 11) is 0. The standard InChI is InChI=1S/C22H18N2O4/c23-20(26)13-24-18-8-4-3-7-17(18)22(28,21(24)27)12-19(25)16-10-9-14-5-1-2-6-15(14)11-16/h1-11,28H,12-13H2,(H2,23,26). The number of carbonyl (C=O) groups is 3. The molecule has 28 heavy (non-hydrogen) atoms. The van der Waals surface area contributed by atoms with Gasteiger partial charge in [0.15, 0.2) is 11.4 Å². The number of rotatable bonds is 5. The first-order chi connectivity index (χ1) is 13.4. The van der Waals surface area contributed by atoms with Crippen molar-refractivity contribution in [3.8, 4) is 0 Å². The number of ketones is 1. The number of hydrogen-bond donors (Lipinski definition) is 2. The summed E-state index contributed by atoms with van der Waals surface area (Å²) in [5.41, 5.74) is 4.31. The fraction of sp³-hybridized carbons (Fsp3) is 0.136. The molecule has 0 aromatic heterocycles. The molecule has 6 heteroatoms. The third kappa shape index (κ3) is 2.84. The van der Waals surface area contributed by atoms with Gasteiger partial charge in [0, 0.05) is 11.1 Å². The first kappa shape index (κ1) is 17.9. The number of benzene rings is 3. The Balaban J connectivity index is 1.70. The van der Waals surface area contributed by atoms with E-state index in [1.807, 2.05) is 30.3 Å². The van der Waals surface area contributed by atoms with E-state index in [4.69, 9.17) is 5.73 Å². The molecule has 0 bridgehead atoms. The molecular weight excluding hydrogens is 356 g/mol. The number of Topliss-reactive ketones (excluding diaryl/α,β-unsaturated/α-hetero) is 1. The van der Waals surface area contributed by atoms with Gasteiger partial charge in [0.1, 0.15) is 6.54 Å². The molecule has 0 saturated carbocycles. The van der Waals surface area contributed by atoms with Crippen LogP contribution < -0.4 is 10.6 Å². The van der Waals surface area contributed by atoms with Crippen LogP contribution in [0.3, 0.4) is 0 Å². The van der Waals surface area contributed by atoms with Crippen molar-refractivity contribution in [1.29, 1.82) is 0 Å². The molecule has 1 aliphatic heterocycles. The molecule has 1 heterocycles. The maximum atomic E-state index is 12.9. The van der Waals surface area contributed by atoms with Crippen LogP contribution in [0.25, 0.3) is 10.8 Å². The van der Waals surface area contributed by atoms with Crippen LogP contribution >= 0.6 is 0 Å². The van der Waals surface area contributed by atoms with Crippen molar-refractivity contribution < 1.29 is 19.5 Å². The third-order valence-corrected chi connectivity index (χ3v) is 5.04. The van der Waals surface area contributed by atoms with Crippen LogP contribution in [-0.2, 0) is 15.2 Å². The highest BCUT2D eigenvalue weighted by atomic mass is 16.3. The van der Waals surface area contributed by atoms with Gasteiger partial charge in [-0.05, 0) is 22.9 Å². The molecule has 0 radical (unpaired) electrons. The monoisotopic (exact) mass is 374 g/mol. The highest BCUT2D eigenvalue weighted by molar-refractivity contribution is 6.12. The van der Waals surface area contributed by atoms with E-state index in [2.05, 4.69) is 0 Å².